The normalized spacial score (nSPS) is 11.9. The van der Waals surface area contributed by atoms with Crippen LogP contribution < -0.4 is 4.90 Å². The lowest BCUT2D eigenvalue weighted by atomic mass is 9.91. The van der Waals surface area contributed by atoms with Crippen molar-refractivity contribution in [3.63, 3.8) is 0 Å². The molecule has 0 aromatic carbocycles. The van der Waals surface area contributed by atoms with Crippen LogP contribution in [-0.4, -0.2) is 28.6 Å². The van der Waals surface area contributed by atoms with Crippen molar-refractivity contribution in [3.8, 4) is 0 Å². The quantitative estimate of drug-likeness (QED) is 0.911. The van der Waals surface area contributed by atoms with Gasteiger partial charge in [-0.3, -0.25) is 0 Å². The summed E-state index contributed by atoms with van der Waals surface area (Å²) >= 11 is 1.27. The van der Waals surface area contributed by atoms with Crippen molar-refractivity contribution in [3.05, 3.63) is 10.6 Å². The molecular weight excluding hydrogens is 248 g/mol. The highest BCUT2D eigenvalue weighted by Gasteiger charge is 2.28. The zero-order valence-electron chi connectivity index (χ0n) is 11.9. The lowest BCUT2D eigenvalue weighted by Crippen LogP contribution is -2.30. The van der Waals surface area contributed by atoms with Gasteiger partial charge in [-0.2, -0.15) is 0 Å². The molecule has 4 nitrogen and oxygen atoms in total. The molecule has 0 saturated heterocycles. The van der Waals surface area contributed by atoms with E-state index in [9.17, 15) is 9.90 Å². The van der Waals surface area contributed by atoms with Gasteiger partial charge in [0.05, 0.1) is 5.69 Å². The zero-order valence-corrected chi connectivity index (χ0v) is 12.8. The van der Waals surface area contributed by atoms with Crippen LogP contribution in [0.2, 0.25) is 0 Å². The van der Waals surface area contributed by atoms with Gasteiger partial charge in [0.1, 0.15) is 4.88 Å². The van der Waals surface area contributed by atoms with Crippen molar-refractivity contribution in [1.29, 1.82) is 0 Å². The van der Waals surface area contributed by atoms with E-state index in [4.69, 9.17) is 0 Å². The summed E-state index contributed by atoms with van der Waals surface area (Å²) in [4.78, 5) is 18.3. The Labute approximate surface area is 113 Å². The molecule has 0 atom stereocenters. The Morgan fingerprint density at radius 2 is 2.00 bits per heavy atom. The number of carbonyl (C=O) groups is 1. The Kier molecular flexibility index (Phi) is 4.37. The molecule has 1 rings (SSSR count). The molecule has 18 heavy (non-hydrogen) atoms. The Bertz CT molecular complexity index is 433. The van der Waals surface area contributed by atoms with Gasteiger partial charge < -0.3 is 10.0 Å². The molecule has 0 aliphatic carbocycles. The van der Waals surface area contributed by atoms with Gasteiger partial charge in [-0.25, -0.2) is 9.78 Å². The third-order valence-electron chi connectivity index (χ3n) is 2.73. The summed E-state index contributed by atoms with van der Waals surface area (Å²) in [6, 6.07) is 0.315. The molecule has 5 heteroatoms. The molecule has 0 fully saturated rings. The van der Waals surface area contributed by atoms with Crippen molar-refractivity contribution >= 4 is 22.4 Å². The minimum Gasteiger partial charge on any atom is -0.477 e. The predicted molar refractivity (Wildman–Crippen MR) is 75.9 cm³/mol. The maximum absolute atomic E-state index is 11.3. The summed E-state index contributed by atoms with van der Waals surface area (Å²) < 4.78 is 0. The number of hydrogen-bond donors (Lipinski definition) is 1. The molecule has 0 aliphatic rings. The number of thiazole rings is 1. The molecule has 0 amide bonds. The Morgan fingerprint density at radius 3 is 2.28 bits per heavy atom. The summed E-state index contributed by atoms with van der Waals surface area (Å²) in [5.41, 5.74) is 0.424. The SMILES string of the molecule is CCN(c1nc(C(C)(C)C)c(C(=O)O)s1)C(C)C. The lowest BCUT2D eigenvalue weighted by Gasteiger charge is -2.24. The summed E-state index contributed by atoms with van der Waals surface area (Å²) in [5.74, 6) is -0.886. The summed E-state index contributed by atoms with van der Waals surface area (Å²) in [5, 5.41) is 10.1. The second-order valence-corrected chi connectivity index (χ2v) is 6.59. The summed E-state index contributed by atoms with van der Waals surface area (Å²) in [6.07, 6.45) is 0. The van der Waals surface area contributed by atoms with Gasteiger partial charge >= 0.3 is 5.97 Å². The summed E-state index contributed by atoms with van der Waals surface area (Å²) in [6.45, 7) is 13.0. The van der Waals surface area contributed by atoms with Crippen molar-refractivity contribution in [1.82, 2.24) is 4.98 Å². The second-order valence-electron chi connectivity index (χ2n) is 5.61. The molecule has 1 aromatic heterocycles. The Balaban J connectivity index is 3.30. The number of rotatable bonds is 4. The van der Waals surface area contributed by atoms with Gasteiger partial charge in [0, 0.05) is 18.0 Å². The molecule has 0 radical (unpaired) electrons. The number of nitrogens with zero attached hydrogens (tertiary/aromatic N) is 2. The first-order valence-electron chi connectivity index (χ1n) is 6.19. The smallest absolute Gasteiger partial charge is 0.347 e. The first-order valence-corrected chi connectivity index (χ1v) is 7.01. The number of aromatic nitrogens is 1. The van der Waals surface area contributed by atoms with E-state index >= 15 is 0 Å². The monoisotopic (exact) mass is 270 g/mol. The van der Waals surface area contributed by atoms with E-state index in [2.05, 4.69) is 30.7 Å². The van der Waals surface area contributed by atoms with E-state index in [-0.39, 0.29) is 5.41 Å². The molecule has 0 spiro atoms. The van der Waals surface area contributed by atoms with Crippen molar-refractivity contribution in [2.24, 2.45) is 0 Å². The van der Waals surface area contributed by atoms with Gasteiger partial charge in [0.15, 0.2) is 5.13 Å². The van der Waals surface area contributed by atoms with Crippen LogP contribution in [0.1, 0.15) is 56.9 Å². The Morgan fingerprint density at radius 1 is 1.44 bits per heavy atom. The fourth-order valence-corrected chi connectivity index (χ4v) is 3.12. The fourth-order valence-electron chi connectivity index (χ4n) is 1.81. The zero-order chi connectivity index (χ0) is 14.1. The molecule has 1 heterocycles. The van der Waals surface area contributed by atoms with Crippen molar-refractivity contribution in [2.75, 3.05) is 11.4 Å². The minimum atomic E-state index is -0.886. The number of hydrogen-bond acceptors (Lipinski definition) is 4. The first-order chi connectivity index (χ1) is 8.18. The fraction of sp³-hybridized carbons (Fsp3) is 0.692. The first kappa shape index (κ1) is 15.0. The number of carboxylic acids is 1. The van der Waals surface area contributed by atoms with Crippen LogP contribution in [0, 0.1) is 0 Å². The molecule has 0 unspecified atom stereocenters. The van der Waals surface area contributed by atoms with Gasteiger partial charge in [0.25, 0.3) is 0 Å². The number of carboxylic acid groups (broad SMARTS) is 1. The summed E-state index contributed by atoms with van der Waals surface area (Å²) in [7, 11) is 0. The molecule has 0 saturated carbocycles. The van der Waals surface area contributed by atoms with Crippen LogP contribution in [0.4, 0.5) is 5.13 Å². The molecule has 1 N–H and O–H groups in total. The van der Waals surface area contributed by atoms with Gasteiger partial charge in [0.2, 0.25) is 0 Å². The van der Waals surface area contributed by atoms with Crippen LogP contribution in [-0.2, 0) is 5.41 Å². The van der Waals surface area contributed by atoms with Crippen LogP contribution in [0.3, 0.4) is 0 Å². The maximum atomic E-state index is 11.3. The Hall–Kier alpha value is -1.10. The molecule has 102 valence electrons. The van der Waals surface area contributed by atoms with E-state index in [1.54, 1.807) is 0 Å². The number of anilines is 1. The molecule has 1 aromatic rings. The minimum absolute atomic E-state index is 0.251. The van der Waals surface area contributed by atoms with E-state index in [1.807, 2.05) is 20.8 Å². The molecule has 0 aliphatic heterocycles. The van der Waals surface area contributed by atoms with E-state index < -0.39 is 5.97 Å². The van der Waals surface area contributed by atoms with Crippen LogP contribution in [0.5, 0.6) is 0 Å². The van der Waals surface area contributed by atoms with Gasteiger partial charge in [-0.05, 0) is 20.8 Å². The highest BCUT2D eigenvalue weighted by molar-refractivity contribution is 7.17. The lowest BCUT2D eigenvalue weighted by molar-refractivity contribution is 0.0699. The predicted octanol–water partition coefficient (Wildman–Crippen LogP) is 3.37. The third kappa shape index (κ3) is 3.02. The van der Waals surface area contributed by atoms with E-state index in [0.29, 0.717) is 16.6 Å². The topological polar surface area (TPSA) is 53.4 Å². The van der Waals surface area contributed by atoms with Gasteiger partial charge in [-0.1, -0.05) is 32.1 Å². The second kappa shape index (κ2) is 5.26. The van der Waals surface area contributed by atoms with Gasteiger partial charge in [-0.15, -0.1) is 0 Å². The maximum Gasteiger partial charge on any atom is 0.347 e. The average Bonchev–Trinajstić information content (AvgIpc) is 2.62. The third-order valence-corrected chi connectivity index (χ3v) is 3.81. The van der Waals surface area contributed by atoms with Crippen molar-refractivity contribution in [2.45, 2.75) is 53.0 Å². The van der Waals surface area contributed by atoms with Crippen LogP contribution in [0.25, 0.3) is 0 Å². The average molecular weight is 270 g/mol. The molecular formula is C13H22N2O2S. The standard InChI is InChI=1S/C13H22N2O2S/c1-7-15(8(2)3)12-14-10(13(4,5)6)9(18-12)11(16)17/h8H,7H2,1-6H3,(H,16,17). The largest absolute Gasteiger partial charge is 0.477 e. The number of aromatic carboxylic acids is 1. The van der Waals surface area contributed by atoms with E-state index in [0.717, 1.165) is 11.7 Å². The molecule has 0 bridgehead atoms. The highest BCUT2D eigenvalue weighted by Crippen LogP contribution is 2.34. The van der Waals surface area contributed by atoms with E-state index in [1.165, 1.54) is 11.3 Å². The van der Waals surface area contributed by atoms with Crippen LogP contribution >= 0.6 is 11.3 Å². The highest BCUT2D eigenvalue weighted by atomic mass is 32.1. The van der Waals surface area contributed by atoms with Crippen LogP contribution in [0.15, 0.2) is 0 Å². The van der Waals surface area contributed by atoms with Crippen molar-refractivity contribution < 1.29 is 9.90 Å².